The first-order chi connectivity index (χ1) is 10.7. The molecule has 0 aliphatic rings. The van der Waals surface area contributed by atoms with Crippen molar-refractivity contribution in [3.05, 3.63) is 41.9 Å². The fourth-order valence-corrected chi connectivity index (χ4v) is 4.09. The summed E-state index contributed by atoms with van der Waals surface area (Å²) in [7, 11) is 0. The molecule has 0 N–H and O–H groups in total. The summed E-state index contributed by atoms with van der Waals surface area (Å²) >= 11 is 1.65. The van der Waals surface area contributed by atoms with Crippen LogP contribution in [0.25, 0.3) is 26.3 Å². The van der Waals surface area contributed by atoms with Crippen molar-refractivity contribution in [2.24, 2.45) is 0 Å². The van der Waals surface area contributed by atoms with Crippen LogP contribution in [0.4, 0.5) is 0 Å². The zero-order valence-corrected chi connectivity index (χ0v) is 13.5. The van der Waals surface area contributed by atoms with E-state index < -0.39 is 0 Å². The molecule has 0 aliphatic carbocycles. The molecule has 4 rings (SSSR count). The standard InChI is InChI=1S/C16H15N5S/c1-4-11-17-5-6-21(11)15-14-13(18-8-19-15)12-9(2)7-10(3)20-16(12)22-14/h5-8H,4H2,1-3H3. The third-order valence-electron chi connectivity index (χ3n) is 3.79. The number of rotatable bonds is 2. The van der Waals surface area contributed by atoms with Gasteiger partial charge in [0.25, 0.3) is 0 Å². The Morgan fingerprint density at radius 3 is 2.86 bits per heavy atom. The van der Waals surface area contributed by atoms with Crippen molar-refractivity contribution in [3.8, 4) is 5.82 Å². The Hall–Kier alpha value is -2.34. The molecular weight excluding hydrogens is 294 g/mol. The molecule has 0 saturated carbocycles. The van der Waals surface area contributed by atoms with Gasteiger partial charge in [-0.3, -0.25) is 4.57 Å². The van der Waals surface area contributed by atoms with Gasteiger partial charge in [-0.25, -0.2) is 19.9 Å². The van der Waals surface area contributed by atoms with Crippen LogP contribution in [0.3, 0.4) is 0 Å². The SMILES string of the molecule is CCc1nccn1-c1ncnc2c1sc1nc(C)cc(C)c12. The van der Waals surface area contributed by atoms with Crippen molar-refractivity contribution in [1.29, 1.82) is 0 Å². The summed E-state index contributed by atoms with van der Waals surface area (Å²) in [5.74, 6) is 1.89. The lowest BCUT2D eigenvalue weighted by Crippen LogP contribution is -2.02. The first-order valence-electron chi connectivity index (χ1n) is 7.23. The van der Waals surface area contributed by atoms with E-state index in [0.717, 1.165) is 44.2 Å². The van der Waals surface area contributed by atoms with Gasteiger partial charge in [0.2, 0.25) is 0 Å². The predicted octanol–water partition coefficient (Wildman–Crippen LogP) is 3.60. The monoisotopic (exact) mass is 309 g/mol. The Kier molecular flexibility index (Phi) is 2.94. The van der Waals surface area contributed by atoms with E-state index in [1.807, 2.05) is 23.9 Å². The molecule has 0 bridgehead atoms. The zero-order valence-electron chi connectivity index (χ0n) is 12.7. The molecule has 0 atom stereocenters. The van der Waals surface area contributed by atoms with Gasteiger partial charge in [-0.2, -0.15) is 0 Å². The number of nitrogens with zero attached hydrogens (tertiary/aromatic N) is 5. The summed E-state index contributed by atoms with van der Waals surface area (Å²) in [5, 5.41) is 1.13. The van der Waals surface area contributed by atoms with Gasteiger partial charge in [-0.1, -0.05) is 6.92 Å². The Balaban J connectivity index is 2.12. The summed E-state index contributed by atoms with van der Waals surface area (Å²) in [6.07, 6.45) is 6.26. The maximum atomic E-state index is 4.66. The Morgan fingerprint density at radius 2 is 2.05 bits per heavy atom. The van der Waals surface area contributed by atoms with E-state index in [0.29, 0.717) is 0 Å². The van der Waals surface area contributed by atoms with E-state index in [1.165, 1.54) is 5.56 Å². The molecule has 22 heavy (non-hydrogen) atoms. The molecule has 4 aromatic rings. The highest BCUT2D eigenvalue weighted by Crippen LogP contribution is 2.36. The lowest BCUT2D eigenvalue weighted by atomic mass is 10.1. The third-order valence-corrected chi connectivity index (χ3v) is 4.86. The molecule has 0 aliphatic heterocycles. The predicted molar refractivity (Wildman–Crippen MR) is 88.7 cm³/mol. The lowest BCUT2D eigenvalue weighted by Gasteiger charge is -2.05. The van der Waals surface area contributed by atoms with Crippen molar-refractivity contribution in [1.82, 2.24) is 24.5 Å². The average Bonchev–Trinajstić information content (AvgIpc) is 3.09. The van der Waals surface area contributed by atoms with Gasteiger partial charge < -0.3 is 0 Å². The van der Waals surface area contributed by atoms with Crippen molar-refractivity contribution < 1.29 is 0 Å². The van der Waals surface area contributed by atoms with Crippen molar-refractivity contribution in [3.63, 3.8) is 0 Å². The van der Waals surface area contributed by atoms with Gasteiger partial charge in [0.15, 0.2) is 5.82 Å². The molecule has 0 radical (unpaired) electrons. The first-order valence-corrected chi connectivity index (χ1v) is 8.04. The number of hydrogen-bond acceptors (Lipinski definition) is 5. The summed E-state index contributed by atoms with van der Waals surface area (Å²) < 4.78 is 3.10. The average molecular weight is 309 g/mol. The van der Waals surface area contributed by atoms with Crippen LogP contribution >= 0.6 is 11.3 Å². The van der Waals surface area contributed by atoms with Crippen LogP contribution in [0.5, 0.6) is 0 Å². The van der Waals surface area contributed by atoms with Crippen LogP contribution in [0.15, 0.2) is 24.8 Å². The second kappa shape index (κ2) is 4.84. The summed E-state index contributed by atoms with van der Waals surface area (Å²) in [6, 6.07) is 2.10. The molecule has 0 unspecified atom stereocenters. The van der Waals surface area contributed by atoms with Crippen molar-refractivity contribution in [2.75, 3.05) is 0 Å². The topological polar surface area (TPSA) is 56.5 Å². The Labute approximate surface area is 131 Å². The number of aryl methyl sites for hydroxylation is 3. The number of hydrogen-bond donors (Lipinski definition) is 0. The van der Waals surface area contributed by atoms with Crippen molar-refractivity contribution >= 4 is 31.8 Å². The van der Waals surface area contributed by atoms with Gasteiger partial charge in [0, 0.05) is 29.9 Å². The van der Waals surface area contributed by atoms with Gasteiger partial charge in [-0.05, 0) is 25.5 Å². The molecule has 0 aromatic carbocycles. The van der Waals surface area contributed by atoms with Gasteiger partial charge >= 0.3 is 0 Å². The maximum absolute atomic E-state index is 4.66. The summed E-state index contributed by atoms with van der Waals surface area (Å²) in [6.45, 7) is 6.23. The molecular formula is C16H15N5S. The molecule has 0 amide bonds. The van der Waals surface area contributed by atoms with Gasteiger partial charge in [0.1, 0.15) is 17.0 Å². The molecule has 110 valence electrons. The highest BCUT2D eigenvalue weighted by Gasteiger charge is 2.16. The number of fused-ring (bicyclic) bond motifs is 3. The molecule has 5 nitrogen and oxygen atoms in total. The van der Waals surface area contributed by atoms with E-state index in [9.17, 15) is 0 Å². The number of aromatic nitrogens is 5. The second-order valence-corrected chi connectivity index (χ2v) is 6.30. The minimum atomic E-state index is 0.861. The van der Waals surface area contributed by atoms with Crippen LogP contribution in [0.2, 0.25) is 0 Å². The fourth-order valence-electron chi connectivity index (χ4n) is 2.86. The van der Waals surface area contributed by atoms with Crippen LogP contribution in [-0.2, 0) is 6.42 Å². The van der Waals surface area contributed by atoms with E-state index in [2.05, 4.69) is 39.8 Å². The normalized spacial score (nSPS) is 11.6. The first kappa shape index (κ1) is 13.3. The number of thiophene rings is 1. The maximum Gasteiger partial charge on any atom is 0.159 e. The summed E-state index contributed by atoms with van der Waals surface area (Å²) in [5.41, 5.74) is 3.22. The van der Waals surface area contributed by atoms with Gasteiger partial charge in [-0.15, -0.1) is 11.3 Å². The molecule has 4 heterocycles. The minimum Gasteiger partial charge on any atom is -0.287 e. The third kappa shape index (κ3) is 1.84. The number of pyridine rings is 1. The lowest BCUT2D eigenvalue weighted by molar-refractivity contribution is 0.872. The quantitative estimate of drug-likeness (QED) is 0.567. The second-order valence-electron chi connectivity index (χ2n) is 5.30. The van der Waals surface area contributed by atoms with E-state index in [4.69, 9.17) is 0 Å². The largest absolute Gasteiger partial charge is 0.287 e. The Morgan fingerprint density at radius 1 is 1.18 bits per heavy atom. The van der Waals surface area contributed by atoms with Gasteiger partial charge in [0.05, 0.1) is 10.2 Å². The fraction of sp³-hybridized carbons (Fsp3) is 0.250. The summed E-state index contributed by atoms with van der Waals surface area (Å²) in [4.78, 5) is 19.1. The van der Waals surface area contributed by atoms with Crippen LogP contribution < -0.4 is 0 Å². The van der Waals surface area contributed by atoms with Crippen molar-refractivity contribution in [2.45, 2.75) is 27.2 Å². The van der Waals surface area contributed by atoms with Crippen LogP contribution in [0, 0.1) is 13.8 Å². The molecule has 0 spiro atoms. The molecule has 4 aromatic heterocycles. The molecule has 6 heteroatoms. The molecule has 0 saturated heterocycles. The van der Waals surface area contributed by atoms with E-state index in [1.54, 1.807) is 17.7 Å². The van der Waals surface area contributed by atoms with Crippen LogP contribution in [-0.4, -0.2) is 24.5 Å². The molecule has 0 fully saturated rings. The smallest absolute Gasteiger partial charge is 0.159 e. The van der Waals surface area contributed by atoms with E-state index in [-0.39, 0.29) is 0 Å². The number of imidazole rings is 1. The van der Waals surface area contributed by atoms with Crippen LogP contribution in [0.1, 0.15) is 24.0 Å². The highest BCUT2D eigenvalue weighted by molar-refractivity contribution is 7.25. The zero-order chi connectivity index (χ0) is 15.3. The highest BCUT2D eigenvalue weighted by atomic mass is 32.1. The van der Waals surface area contributed by atoms with E-state index >= 15 is 0 Å². The Bertz CT molecular complexity index is 999. The minimum absolute atomic E-state index is 0.861.